The standard InChI is InChI=1S/C24H29N7O2/c1-30-12-10-17(11-13-30)15-27-24(32)18-6-8-20(9-7-18)26-16-22(28-25)23-14-19-4-2-3-5-21(19)29-31(23)33/h2-9,14,16-17,25-26,29,31H,10-13,15H2,1H3,(H,27,32)/p+1. The van der Waals surface area contributed by atoms with E-state index in [1.54, 1.807) is 29.7 Å². The molecule has 9 heteroatoms. The first-order valence-electron chi connectivity index (χ1n) is 11.2. The summed E-state index contributed by atoms with van der Waals surface area (Å²) in [6.07, 6.45) is 5.60. The first-order valence-corrected chi connectivity index (χ1v) is 11.2. The maximum Gasteiger partial charge on any atom is 0.251 e. The van der Waals surface area contributed by atoms with Gasteiger partial charge in [-0.1, -0.05) is 18.2 Å². The lowest BCUT2D eigenvalue weighted by molar-refractivity contribution is -0.778. The highest BCUT2D eigenvalue weighted by atomic mass is 16.5. The van der Waals surface area contributed by atoms with Gasteiger partial charge in [-0.15, -0.1) is 5.11 Å². The van der Waals surface area contributed by atoms with Crippen molar-refractivity contribution in [1.29, 1.82) is 5.53 Å². The molecule has 2 aromatic carbocycles. The number of carbonyl (C=O) groups excluding carboxylic acids is 1. The quantitative estimate of drug-likeness (QED) is 0.251. The molecule has 9 nitrogen and oxygen atoms in total. The molecule has 1 amide bonds. The number of fused-ring (bicyclic) bond motifs is 1. The summed E-state index contributed by atoms with van der Waals surface area (Å²) in [6.45, 7) is 2.87. The van der Waals surface area contributed by atoms with Crippen LogP contribution in [-0.4, -0.2) is 37.5 Å². The number of piperidine rings is 1. The molecule has 2 aromatic rings. The fourth-order valence-corrected chi connectivity index (χ4v) is 4.05. The molecule has 1 unspecified atom stereocenters. The van der Waals surface area contributed by atoms with Gasteiger partial charge in [0.2, 0.25) is 5.70 Å². The van der Waals surface area contributed by atoms with Gasteiger partial charge in [0, 0.05) is 35.9 Å². The van der Waals surface area contributed by atoms with E-state index in [-0.39, 0.29) is 16.8 Å². The number of hydrogen-bond acceptors (Lipinski definition) is 6. The summed E-state index contributed by atoms with van der Waals surface area (Å²) >= 11 is 0. The number of hydroxylamine groups is 1. The van der Waals surface area contributed by atoms with Crippen molar-refractivity contribution in [1.82, 2.24) is 10.2 Å². The zero-order valence-electron chi connectivity index (χ0n) is 18.7. The third-order valence-corrected chi connectivity index (χ3v) is 6.15. The molecule has 4 rings (SSSR count). The molecule has 2 aliphatic heterocycles. The lowest BCUT2D eigenvalue weighted by Gasteiger charge is -2.28. The second-order valence-corrected chi connectivity index (χ2v) is 8.51. The van der Waals surface area contributed by atoms with Crippen molar-refractivity contribution >= 4 is 23.4 Å². The van der Waals surface area contributed by atoms with E-state index < -0.39 is 0 Å². The van der Waals surface area contributed by atoms with Crippen LogP contribution in [0.15, 0.2) is 71.2 Å². The highest BCUT2D eigenvalue weighted by Gasteiger charge is 2.22. The highest BCUT2D eigenvalue weighted by molar-refractivity contribution is 5.94. The van der Waals surface area contributed by atoms with E-state index >= 15 is 0 Å². The van der Waals surface area contributed by atoms with Crippen LogP contribution in [0.1, 0.15) is 28.8 Å². The molecule has 1 atom stereocenters. The second kappa shape index (κ2) is 10.5. The summed E-state index contributed by atoms with van der Waals surface area (Å²) < 4.78 is 0. The number of nitrogens with one attached hydrogen (secondary N) is 4. The predicted molar refractivity (Wildman–Crippen MR) is 126 cm³/mol. The first-order chi connectivity index (χ1) is 16.0. The largest absolute Gasteiger partial charge is 0.603 e. The number of amides is 1. The number of hydrogen-bond donors (Lipinski definition) is 5. The molecule has 0 spiro atoms. The lowest BCUT2D eigenvalue weighted by Crippen LogP contribution is -3.09. The van der Waals surface area contributed by atoms with Crippen molar-refractivity contribution in [3.05, 3.63) is 82.5 Å². The average Bonchev–Trinajstić information content (AvgIpc) is 2.84. The zero-order valence-corrected chi connectivity index (χ0v) is 18.7. The van der Waals surface area contributed by atoms with Gasteiger partial charge in [0.15, 0.2) is 5.70 Å². The van der Waals surface area contributed by atoms with Crippen molar-refractivity contribution in [3.8, 4) is 0 Å². The third-order valence-electron chi connectivity index (χ3n) is 6.15. The van der Waals surface area contributed by atoms with Crippen LogP contribution in [0, 0.1) is 16.7 Å². The minimum absolute atomic E-state index is 0.0689. The summed E-state index contributed by atoms with van der Waals surface area (Å²) in [7, 11) is 2.13. The van der Waals surface area contributed by atoms with Crippen LogP contribution in [0.3, 0.4) is 0 Å². The molecular weight excluding hydrogens is 418 g/mol. The molecule has 0 aliphatic carbocycles. The molecule has 0 radical (unpaired) electrons. The van der Waals surface area contributed by atoms with E-state index in [4.69, 9.17) is 5.53 Å². The fraction of sp³-hybridized carbons (Fsp3) is 0.292. The molecule has 6 N–H and O–H groups in total. The van der Waals surface area contributed by atoms with Gasteiger partial charge in [0.05, 0.1) is 5.69 Å². The molecule has 1 fully saturated rings. The van der Waals surface area contributed by atoms with Gasteiger partial charge >= 0.3 is 0 Å². The lowest BCUT2D eigenvalue weighted by atomic mass is 9.97. The molecule has 0 aromatic heterocycles. The number of quaternary nitrogens is 2. The molecule has 0 saturated carbocycles. The van der Waals surface area contributed by atoms with Crippen LogP contribution < -0.4 is 21.2 Å². The van der Waals surface area contributed by atoms with Crippen LogP contribution in [0.5, 0.6) is 0 Å². The van der Waals surface area contributed by atoms with Crippen LogP contribution in [0.2, 0.25) is 0 Å². The Hall–Kier alpha value is -3.37. The van der Waals surface area contributed by atoms with Gasteiger partial charge in [0.25, 0.3) is 5.91 Å². The number of nitrogens with two attached hydrogens (primary N) is 1. The van der Waals surface area contributed by atoms with Crippen LogP contribution in [0.4, 0.5) is 11.4 Å². The maximum atomic E-state index is 12.5. The Morgan fingerprint density at radius 1 is 1.27 bits per heavy atom. The van der Waals surface area contributed by atoms with Gasteiger partial charge in [-0.05, 0) is 57.1 Å². The molecule has 2 aliphatic rings. The SMILES string of the molecule is CN1CCC(CNC(=O)c2ccc([NH2+]C=C(N=N)C3=Cc4ccccc4N[NH+]3[O-])cc2)CC1. The van der Waals surface area contributed by atoms with E-state index in [0.717, 1.165) is 42.9 Å². The number of rotatable bonds is 7. The number of benzene rings is 2. The van der Waals surface area contributed by atoms with Crippen molar-refractivity contribution < 1.29 is 15.3 Å². The van der Waals surface area contributed by atoms with Crippen LogP contribution in [-0.2, 0) is 0 Å². The van der Waals surface area contributed by atoms with Crippen molar-refractivity contribution in [3.63, 3.8) is 0 Å². The predicted octanol–water partition coefficient (Wildman–Crippen LogP) is 1.59. The summed E-state index contributed by atoms with van der Waals surface area (Å²) in [5.74, 6) is 0.466. The summed E-state index contributed by atoms with van der Waals surface area (Å²) in [5.41, 5.74) is 14.0. The molecule has 0 bridgehead atoms. The zero-order chi connectivity index (χ0) is 23.2. The summed E-state index contributed by atoms with van der Waals surface area (Å²) in [5, 5.41) is 20.5. The minimum Gasteiger partial charge on any atom is -0.603 e. The van der Waals surface area contributed by atoms with E-state index in [1.165, 1.54) is 0 Å². The Bertz CT molecular complexity index is 1060. The summed E-state index contributed by atoms with van der Waals surface area (Å²) in [6, 6.07) is 14.7. The van der Waals surface area contributed by atoms with Gasteiger partial charge < -0.3 is 15.4 Å². The Labute approximate surface area is 193 Å². The van der Waals surface area contributed by atoms with Gasteiger partial charge in [0.1, 0.15) is 11.9 Å². The average molecular weight is 449 g/mol. The van der Waals surface area contributed by atoms with E-state index in [1.807, 2.05) is 36.4 Å². The van der Waals surface area contributed by atoms with Crippen LogP contribution in [0.25, 0.3) is 6.08 Å². The Morgan fingerprint density at radius 3 is 2.73 bits per heavy atom. The minimum atomic E-state index is -0.291. The normalized spacial score (nSPS) is 19.3. The topological polar surface area (TPSA) is 125 Å². The number of para-hydroxylation sites is 1. The maximum absolute atomic E-state index is 12.5. The van der Waals surface area contributed by atoms with E-state index in [2.05, 4.69) is 27.8 Å². The monoisotopic (exact) mass is 448 g/mol. The fourth-order valence-electron chi connectivity index (χ4n) is 4.05. The van der Waals surface area contributed by atoms with Gasteiger partial charge in [-0.2, -0.15) is 0 Å². The van der Waals surface area contributed by atoms with Gasteiger partial charge in [-0.25, -0.2) is 16.1 Å². The van der Waals surface area contributed by atoms with Crippen molar-refractivity contribution in [2.75, 3.05) is 32.1 Å². The van der Waals surface area contributed by atoms with Gasteiger partial charge in [-0.3, -0.25) is 10.1 Å². The Morgan fingerprint density at radius 2 is 2.00 bits per heavy atom. The number of likely N-dealkylation sites (tertiary alicyclic amines) is 1. The van der Waals surface area contributed by atoms with Crippen LogP contribution >= 0.6 is 0 Å². The molecule has 1 saturated heterocycles. The summed E-state index contributed by atoms with van der Waals surface area (Å²) in [4.78, 5) is 14.8. The number of carbonyl (C=O) groups is 1. The third kappa shape index (κ3) is 5.71. The number of nitrogens with zero attached hydrogens (tertiary/aromatic N) is 2. The molecular formula is C24H30N7O2+. The molecule has 2 heterocycles. The smallest absolute Gasteiger partial charge is 0.251 e. The van der Waals surface area contributed by atoms with E-state index in [0.29, 0.717) is 23.7 Å². The highest BCUT2D eigenvalue weighted by Crippen LogP contribution is 2.21. The van der Waals surface area contributed by atoms with E-state index in [9.17, 15) is 10.0 Å². The first kappa shape index (κ1) is 22.8. The second-order valence-electron chi connectivity index (χ2n) is 8.51. The Kier molecular flexibility index (Phi) is 7.26. The molecule has 33 heavy (non-hydrogen) atoms. The van der Waals surface area contributed by atoms with Crippen molar-refractivity contribution in [2.24, 2.45) is 11.0 Å². The Balaban J connectivity index is 1.36. The number of anilines is 1. The molecule has 172 valence electrons. The van der Waals surface area contributed by atoms with Crippen molar-refractivity contribution in [2.45, 2.75) is 12.8 Å².